The number of carbonyl (C=O) groups is 1. The molecule has 0 spiro atoms. The molecule has 4 nitrogen and oxygen atoms in total. The van der Waals surface area contributed by atoms with Gasteiger partial charge in [-0.3, -0.25) is 0 Å². The molecule has 1 amide bonds. The van der Waals surface area contributed by atoms with E-state index in [0.29, 0.717) is 24.7 Å². The lowest BCUT2D eigenvalue weighted by Gasteiger charge is -2.34. The summed E-state index contributed by atoms with van der Waals surface area (Å²) in [6.07, 6.45) is -0.545. The molecule has 1 heterocycles. The molecular weight excluding hydrogens is 358 g/mol. The van der Waals surface area contributed by atoms with Crippen LogP contribution < -0.4 is 0 Å². The first-order valence-electron chi connectivity index (χ1n) is 6.81. The summed E-state index contributed by atoms with van der Waals surface area (Å²) in [6.45, 7) is 7.00. The summed E-state index contributed by atoms with van der Waals surface area (Å²) >= 11 is 9.63. The van der Waals surface area contributed by atoms with Crippen molar-refractivity contribution in [2.45, 2.75) is 32.5 Å². The maximum absolute atomic E-state index is 12.1. The van der Waals surface area contributed by atoms with E-state index in [4.69, 9.17) is 21.1 Å². The van der Waals surface area contributed by atoms with Crippen LogP contribution in [0.25, 0.3) is 0 Å². The second-order valence-electron chi connectivity index (χ2n) is 5.95. The molecule has 0 N–H and O–H groups in total. The predicted octanol–water partition coefficient (Wildman–Crippen LogP) is 4.41. The number of rotatable bonds is 1. The van der Waals surface area contributed by atoms with E-state index >= 15 is 0 Å². The highest BCUT2D eigenvalue weighted by molar-refractivity contribution is 9.10. The van der Waals surface area contributed by atoms with Gasteiger partial charge in [0.2, 0.25) is 0 Å². The normalized spacial score (nSPS) is 19.5. The summed E-state index contributed by atoms with van der Waals surface area (Å²) in [6, 6.07) is 5.65. The highest BCUT2D eigenvalue weighted by Crippen LogP contribution is 2.31. The minimum atomic E-state index is -0.500. The Morgan fingerprint density at radius 2 is 2.19 bits per heavy atom. The highest BCUT2D eigenvalue weighted by atomic mass is 79.9. The summed E-state index contributed by atoms with van der Waals surface area (Å²) < 4.78 is 12.1. The second-order valence-corrected chi connectivity index (χ2v) is 7.27. The fourth-order valence-corrected chi connectivity index (χ4v) is 2.89. The predicted molar refractivity (Wildman–Crippen MR) is 85.7 cm³/mol. The summed E-state index contributed by atoms with van der Waals surface area (Å²) in [7, 11) is 0. The lowest BCUT2D eigenvalue weighted by molar-refractivity contribution is -0.0432. The summed E-state index contributed by atoms with van der Waals surface area (Å²) in [4.78, 5) is 13.8. The Hall–Kier alpha value is -0.780. The smallest absolute Gasteiger partial charge is 0.410 e. The Balaban J connectivity index is 2.08. The van der Waals surface area contributed by atoms with E-state index in [1.54, 1.807) is 4.90 Å². The van der Waals surface area contributed by atoms with Crippen molar-refractivity contribution >= 4 is 33.6 Å². The summed E-state index contributed by atoms with van der Waals surface area (Å²) in [5.41, 5.74) is 0.383. The third-order valence-electron chi connectivity index (χ3n) is 3.03. The number of amides is 1. The Morgan fingerprint density at radius 3 is 2.81 bits per heavy atom. The van der Waals surface area contributed by atoms with Gasteiger partial charge in [0.25, 0.3) is 0 Å². The van der Waals surface area contributed by atoms with Gasteiger partial charge >= 0.3 is 6.09 Å². The number of ether oxygens (including phenoxy) is 2. The van der Waals surface area contributed by atoms with Crippen molar-refractivity contribution in [3.63, 3.8) is 0 Å². The van der Waals surface area contributed by atoms with E-state index in [9.17, 15) is 4.79 Å². The molecule has 21 heavy (non-hydrogen) atoms. The molecule has 2 rings (SSSR count). The monoisotopic (exact) mass is 375 g/mol. The third-order valence-corrected chi connectivity index (χ3v) is 3.85. The van der Waals surface area contributed by atoms with Crippen LogP contribution in [0.4, 0.5) is 4.79 Å². The second kappa shape index (κ2) is 6.55. The van der Waals surface area contributed by atoms with E-state index in [2.05, 4.69) is 15.9 Å². The largest absolute Gasteiger partial charge is 0.444 e. The average Bonchev–Trinajstić information content (AvgIpc) is 2.37. The molecule has 0 aromatic heterocycles. The fourth-order valence-electron chi connectivity index (χ4n) is 2.09. The van der Waals surface area contributed by atoms with Gasteiger partial charge in [0.05, 0.1) is 13.2 Å². The molecule has 116 valence electrons. The van der Waals surface area contributed by atoms with Gasteiger partial charge in [-0.2, -0.15) is 0 Å². The molecule has 1 aromatic carbocycles. The molecular formula is C15H19BrClNO3. The van der Waals surface area contributed by atoms with Crippen LogP contribution in [0.1, 0.15) is 32.4 Å². The van der Waals surface area contributed by atoms with Gasteiger partial charge < -0.3 is 14.4 Å². The van der Waals surface area contributed by atoms with Crippen LogP contribution in [0.15, 0.2) is 22.7 Å². The van der Waals surface area contributed by atoms with Crippen molar-refractivity contribution in [3.8, 4) is 0 Å². The van der Waals surface area contributed by atoms with Crippen molar-refractivity contribution in [1.29, 1.82) is 0 Å². The van der Waals surface area contributed by atoms with Crippen molar-refractivity contribution in [2.75, 3.05) is 19.7 Å². The molecule has 0 bridgehead atoms. The Bertz CT molecular complexity index is 530. The van der Waals surface area contributed by atoms with Gasteiger partial charge in [0, 0.05) is 21.6 Å². The zero-order valence-corrected chi connectivity index (χ0v) is 14.7. The zero-order valence-electron chi connectivity index (χ0n) is 12.4. The molecule has 0 saturated carbocycles. The number of hydrogen-bond acceptors (Lipinski definition) is 3. The van der Waals surface area contributed by atoms with Crippen molar-refractivity contribution in [3.05, 3.63) is 33.3 Å². The Labute approximate surface area is 138 Å². The lowest BCUT2D eigenvalue weighted by Crippen LogP contribution is -2.44. The number of nitrogens with zero attached hydrogens (tertiary/aromatic N) is 1. The van der Waals surface area contributed by atoms with Gasteiger partial charge in [-0.25, -0.2) is 4.79 Å². The number of halogens is 2. The van der Waals surface area contributed by atoms with Crippen LogP contribution in [-0.2, 0) is 9.47 Å². The Morgan fingerprint density at radius 1 is 1.48 bits per heavy atom. The first-order chi connectivity index (χ1) is 9.76. The van der Waals surface area contributed by atoms with Crippen molar-refractivity contribution in [2.24, 2.45) is 0 Å². The van der Waals surface area contributed by atoms with E-state index in [0.717, 1.165) is 10.0 Å². The molecule has 0 aliphatic carbocycles. The highest BCUT2D eigenvalue weighted by Gasteiger charge is 2.29. The maximum atomic E-state index is 12.1. The summed E-state index contributed by atoms with van der Waals surface area (Å²) in [5, 5.41) is 0.625. The molecule has 0 radical (unpaired) electrons. The standard InChI is InChI=1S/C15H19BrClNO3/c1-15(2,3)21-14(19)18-6-7-20-13(9-18)11-5-4-10(16)8-12(11)17/h4-5,8,13H,6-7,9H2,1-3H3. The molecule has 1 aliphatic heterocycles. The zero-order chi connectivity index (χ0) is 15.6. The van der Waals surface area contributed by atoms with E-state index in [-0.39, 0.29) is 12.2 Å². The van der Waals surface area contributed by atoms with Crippen LogP contribution in [0.2, 0.25) is 5.02 Å². The molecule has 1 aliphatic rings. The van der Waals surface area contributed by atoms with Gasteiger partial charge in [-0.1, -0.05) is 33.6 Å². The molecule has 1 aromatic rings. The number of morpholine rings is 1. The number of carbonyl (C=O) groups excluding carboxylic acids is 1. The van der Waals surface area contributed by atoms with Gasteiger partial charge in [0.15, 0.2) is 0 Å². The average molecular weight is 377 g/mol. The van der Waals surface area contributed by atoms with Gasteiger partial charge in [0.1, 0.15) is 11.7 Å². The topological polar surface area (TPSA) is 38.8 Å². The van der Waals surface area contributed by atoms with Crippen LogP contribution in [0.3, 0.4) is 0 Å². The van der Waals surface area contributed by atoms with Crippen molar-refractivity contribution < 1.29 is 14.3 Å². The lowest BCUT2D eigenvalue weighted by atomic mass is 10.1. The van der Waals surface area contributed by atoms with Crippen LogP contribution in [-0.4, -0.2) is 36.3 Å². The van der Waals surface area contributed by atoms with E-state index < -0.39 is 5.60 Å². The SMILES string of the molecule is CC(C)(C)OC(=O)N1CCOC(c2ccc(Br)cc2Cl)C1. The van der Waals surface area contributed by atoms with Crippen LogP contribution in [0, 0.1) is 0 Å². The number of benzene rings is 1. The molecule has 1 atom stereocenters. The maximum Gasteiger partial charge on any atom is 0.410 e. The third kappa shape index (κ3) is 4.59. The van der Waals surface area contributed by atoms with Gasteiger partial charge in [-0.15, -0.1) is 0 Å². The van der Waals surface area contributed by atoms with Crippen LogP contribution in [0.5, 0.6) is 0 Å². The minimum absolute atomic E-state index is 0.230. The fraction of sp³-hybridized carbons (Fsp3) is 0.533. The first kappa shape index (κ1) is 16.6. The van der Waals surface area contributed by atoms with E-state index in [1.165, 1.54) is 0 Å². The molecule has 1 fully saturated rings. The molecule has 6 heteroatoms. The van der Waals surface area contributed by atoms with E-state index in [1.807, 2.05) is 39.0 Å². The number of hydrogen-bond donors (Lipinski definition) is 0. The quantitative estimate of drug-likeness (QED) is 0.728. The Kier molecular flexibility index (Phi) is 5.17. The molecule has 1 unspecified atom stereocenters. The molecule has 1 saturated heterocycles. The minimum Gasteiger partial charge on any atom is -0.444 e. The van der Waals surface area contributed by atoms with Crippen molar-refractivity contribution in [1.82, 2.24) is 4.90 Å². The first-order valence-corrected chi connectivity index (χ1v) is 7.98. The summed E-state index contributed by atoms with van der Waals surface area (Å²) in [5.74, 6) is 0. The van der Waals surface area contributed by atoms with Crippen LogP contribution >= 0.6 is 27.5 Å². The van der Waals surface area contributed by atoms with Gasteiger partial charge in [-0.05, 0) is 32.9 Å².